The largest absolute Gasteiger partial charge is 0.459 e. The minimum Gasteiger partial charge on any atom is -0.459 e. The fourth-order valence-corrected chi connectivity index (χ4v) is 4.98. The van der Waals surface area contributed by atoms with Crippen LogP contribution in [0.15, 0.2) is 110 Å². The molecule has 5 aromatic rings. The molecule has 2 unspecified atom stereocenters. The Hall–Kier alpha value is -5.35. The summed E-state index contributed by atoms with van der Waals surface area (Å²) in [4.78, 5) is 48.2. The van der Waals surface area contributed by atoms with Crippen molar-refractivity contribution in [2.75, 3.05) is 6.61 Å². The van der Waals surface area contributed by atoms with Crippen molar-refractivity contribution in [3.8, 4) is 0 Å². The lowest BCUT2D eigenvalue weighted by atomic mass is 10.1. The highest BCUT2D eigenvalue weighted by atomic mass is 16.7. The third-order valence-corrected chi connectivity index (χ3v) is 7.16. The molecule has 0 bridgehead atoms. The van der Waals surface area contributed by atoms with Crippen molar-refractivity contribution < 1.29 is 33.3 Å². The van der Waals surface area contributed by atoms with Gasteiger partial charge < -0.3 is 23.5 Å². The molecule has 6 rings (SSSR count). The number of hydrogen-bond acceptors (Lipinski definition) is 9. The minimum absolute atomic E-state index is 0.274. The molecular weight excluding hydrogens is 550 g/mol. The molecule has 1 fully saturated rings. The Morgan fingerprint density at radius 2 is 1.26 bits per heavy atom. The zero-order valence-electron chi connectivity index (χ0n) is 23.1. The van der Waals surface area contributed by atoms with E-state index in [1.807, 2.05) is 13.0 Å². The normalized spacial score (nSPS) is 19.6. The van der Waals surface area contributed by atoms with Crippen molar-refractivity contribution >= 4 is 28.9 Å². The van der Waals surface area contributed by atoms with Gasteiger partial charge in [0.15, 0.2) is 18.4 Å². The van der Waals surface area contributed by atoms with Gasteiger partial charge in [-0.1, -0.05) is 54.6 Å². The zero-order chi connectivity index (χ0) is 29.8. The van der Waals surface area contributed by atoms with E-state index in [1.165, 1.54) is 6.33 Å². The second-order valence-corrected chi connectivity index (χ2v) is 9.92. The summed E-state index contributed by atoms with van der Waals surface area (Å²) < 4.78 is 25.7. The fourth-order valence-electron chi connectivity index (χ4n) is 4.98. The van der Waals surface area contributed by atoms with Gasteiger partial charge >= 0.3 is 17.9 Å². The van der Waals surface area contributed by atoms with E-state index < -0.39 is 42.4 Å². The van der Waals surface area contributed by atoms with E-state index in [0.29, 0.717) is 22.3 Å². The average Bonchev–Trinajstić information content (AvgIpc) is 3.63. The topological polar surface area (TPSA) is 119 Å². The van der Waals surface area contributed by atoms with Gasteiger partial charge in [-0.15, -0.1) is 0 Å². The second kappa shape index (κ2) is 12.3. The fraction of sp³-hybridized carbons (Fsp3) is 0.182. The first-order valence-corrected chi connectivity index (χ1v) is 13.7. The first kappa shape index (κ1) is 27.8. The molecule has 0 spiro atoms. The zero-order valence-corrected chi connectivity index (χ0v) is 23.1. The SMILES string of the molecule is Cc1ncnc2c1ccn2[C@@H]1O[C@H](COC(=O)c2ccccc2)C(OC(=O)c2ccccc2)C1OC(=O)c1ccccc1. The molecule has 0 radical (unpaired) electrons. The monoisotopic (exact) mass is 577 g/mol. The Bertz CT molecular complexity index is 1740. The summed E-state index contributed by atoms with van der Waals surface area (Å²) >= 11 is 0. The molecule has 3 heterocycles. The van der Waals surface area contributed by atoms with Crippen LogP contribution < -0.4 is 0 Å². The number of ether oxygens (including phenoxy) is 4. The van der Waals surface area contributed by atoms with Crippen LogP contribution >= 0.6 is 0 Å². The molecule has 4 atom stereocenters. The lowest BCUT2D eigenvalue weighted by Crippen LogP contribution is -2.41. The highest BCUT2D eigenvalue weighted by Crippen LogP contribution is 2.37. The first-order valence-electron chi connectivity index (χ1n) is 13.7. The molecule has 0 aliphatic carbocycles. The lowest BCUT2D eigenvalue weighted by molar-refractivity contribution is -0.0604. The molecule has 1 aliphatic heterocycles. The summed E-state index contributed by atoms with van der Waals surface area (Å²) in [6.07, 6.45) is -1.07. The van der Waals surface area contributed by atoms with Crippen LogP contribution in [0, 0.1) is 6.92 Å². The Labute approximate surface area is 246 Å². The summed E-state index contributed by atoms with van der Waals surface area (Å²) in [5.74, 6) is -1.86. The standard InChI is InChI=1S/C33H27N3O7/c1-21-25-17-18-36(29(25)35-20-34-21)30-28(43-33(39)24-15-9-4-10-16-24)27(42-32(38)23-13-7-3-8-14-23)26(41-30)19-40-31(37)22-11-5-2-6-12-22/h2-18,20,26-28,30H,19H2,1H3/t26-,27?,28?,30-/m1/s1. The summed E-state index contributed by atoms with van der Waals surface area (Å²) in [7, 11) is 0. The van der Waals surface area contributed by atoms with Crippen molar-refractivity contribution in [3.63, 3.8) is 0 Å². The number of benzene rings is 3. The Kier molecular flexibility index (Phi) is 7.92. The van der Waals surface area contributed by atoms with Gasteiger partial charge in [0.05, 0.1) is 22.4 Å². The van der Waals surface area contributed by atoms with Crippen LogP contribution in [0.5, 0.6) is 0 Å². The van der Waals surface area contributed by atoms with E-state index in [4.69, 9.17) is 18.9 Å². The number of carbonyl (C=O) groups is 3. The quantitative estimate of drug-likeness (QED) is 0.186. The van der Waals surface area contributed by atoms with Gasteiger partial charge in [-0.2, -0.15) is 0 Å². The summed E-state index contributed by atoms with van der Waals surface area (Å²) in [6.45, 7) is 1.58. The number of esters is 3. The third-order valence-electron chi connectivity index (χ3n) is 7.16. The molecular formula is C33H27N3O7. The van der Waals surface area contributed by atoms with Crippen molar-refractivity contribution in [2.45, 2.75) is 31.5 Å². The summed E-state index contributed by atoms with van der Waals surface area (Å²) in [6, 6.07) is 27.2. The molecule has 43 heavy (non-hydrogen) atoms. The van der Waals surface area contributed by atoms with E-state index in [2.05, 4.69) is 9.97 Å². The van der Waals surface area contributed by atoms with Crippen LogP contribution in [0.4, 0.5) is 0 Å². The third kappa shape index (κ3) is 5.86. The molecule has 1 saturated heterocycles. The van der Waals surface area contributed by atoms with Crippen LogP contribution in [-0.2, 0) is 18.9 Å². The maximum atomic E-state index is 13.4. The Morgan fingerprint density at radius 1 is 0.721 bits per heavy atom. The molecule has 0 amide bonds. The molecule has 10 nitrogen and oxygen atoms in total. The number of fused-ring (bicyclic) bond motifs is 1. The van der Waals surface area contributed by atoms with Crippen molar-refractivity contribution in [1.29, 1.82) is 0 Å². The number of aryl methyl sites for hydroxylation is 1. The van der Waals surface area contributed by atoms with Gasteiger partial charge in [-0.05, 0) is 49.4 Å². The van der Waals surface area contributed by atoms with Gasteiger partial charge in [0.25, 0.3) is 0 Å². The summed E-state index contributed by atoms with van der Waals surface area (Å²) in [5.41, 5.74) is 2.25. The highest BCUT2D eigenvalue weighted by molar-refractivity contribution is 5.91. The predicted octanol–water partition coefficient (Wildman–Crippen LogP) is 4.95. The van der Waals surface area contributed by atoms with Gasteiger partial charge in [-0.25, -0.2) is 24.4 Å². The molecule has 0 N–H and O–H groups in total. The molecule has 216 valence electrons. The van der Waals surface area contributed by atoms with Crippen molar-refractivity contribution in [3.05, 3.63) is 132 Å². The number of aromatic nitrogens is 3. The van der Waals surface area contributed by atoms with Gasteiger partial charge in [0.1, 0.15) is 24.7 Å². The first-order chi connectivity index (χ1) is 21.0. The van der Waals surface area contributed by atoms with Gasteiger partial charge in [0.2, 0.25) is 0 Å². The second-order valence-electron chi connectivity index (χ2n) is 9.92. The maximum absolute atomic E-state index is 13.4. The van der Waals surface area contributed by atoms with E-state index in [9.17, 15) is 14.4 Å². The summed E-state index contributed by atoms with van der Waals surface area (Å²) in [5, 5.41) is 0.774. The van der Waals surface area contributed by atoms with Crippen LogP contribution in [0.1, 0.15) is 43.0 Å². The van der Waals surface area contributed by atoms with E-state index >= 15 is 0 Å². The Morgan fingerprint density at radius 3 is 1.84 bits per heavy atom. The van der Waals surface area contributed by atoms with E-state index in [1.54, 1.807) is 102 Å². The average molecular weight is 578 g/mol. The molecule has 0 saturated carbocycles. The molecule has 3 aromatic carbocycles. The van der Waals surface area contributed by atoms with Gasteiger partial charge in [-0.3, -0.25) is 0 Å². The van der Waals surface area contributed by atoms with Crippen LogP contribution in [-0.4, -0.2) is 57.4 Å². The molecule has 1 aliphatic rings. The van der Waals surface area contributed by atoms with Crippen molar-refractivity contribution in [1.82, 2.24) is 14.5 Å². The minimum atomic E-state index is -1.14. The molecule has 10 heteroatoms. The maximum Gasteiger partial charge on any atom is 0.338 e. The van der Waals surface area contributed by atoms with Crippen LogP contribution in [0.3, 0.4) is 0 Å². The van der Waals surface area contributed by atoms with Gasteiger partial charge in [0, 0.05) is 11.6 Å². The smallest absolute Gasteiger partial charge is 0.338 e. The van der Waals surface area contributed by atoms with Crippen LogP contribution in [0.2, 0.25) is 0 Å². The predicted molar refractivity (Wildman–Crippen MR) is 154 cm³/mol. The molecule has 2 aromatic heterocycles. The number of hydrogen-bond donors (Lipinski definition) is 0. The van der Waals surface area contributed by atoms with Crippen molar-refractivity contribution in [2.24, 2.45) is 0 Å². The highest BCUT2D eigenvalue weighted by Gasteiger charge is 2.51. The number of carbonyl (C=O) groups excluding carboxylic acids is 3. The van der Waals surface area contributed by atoms with Crippen LogP contribution in [0.25, 0.3) is 11.0 Å². The Balaban J connectivity index is 1.37. The van der Waals surface area contributed by atoms with E-state index in [-0.39, 0.29) is 6.61 Å². The number of nitrogens with zero attached hydrogens (tertiary/aromatic N) is 3. The lowest BCUT2D eigenvalue weighted by Gasteiger charge is -2.25. The van der Waals surface area contributed by atoms with E-state index in [0.717, 1.165) is 11.1 Å². The number of rotatable bonds is 8.